The summed E-state index contributed by atoms with van der Waals surface area (Å²) in [5.74, 6) is 1.09. The average molecular weight is 272 g/mol. The fourth-order valence-corrected chi connectivity index (χ4v) is 2.02. The van der Waals surface area contributed by atoms with E-state index in [2.05, 4.69) is 20.6 Å². The van der Waals surface area contributed by atoms with Gasteiger partial charge in [0.25, 0.3) is 0 Å². The van der Waals surface area contributed by atoms with E-state index in [-0.39, 0.29) is 11.8 Å². The molecular formula is C13H11B3N4O. The number of hydrogen-bond acceptors (Lipinski definition) is 4. The number of amides is 1. The smallest absolute Gasteiger partial charge is 0.228 e. The molecule has 1 aliphatic rings. The molecule has 0 bridgehead atoms. The van der Waals surface area contributed by atoms with Crippen molar-refractivity contribution in [3.05, 3.63) is 24.5 Å². The lowest BCUT2D eigenvalue weighted by Gasteiger charge is -2.23. The molecular weight excluding hydrogens is 261 g/mol. The molecule has 0 aliphatic heterocycles. The number of hydrogen-bond donors (Lipinski definition) is 2. The van der Waals surface area contributed by atoms with Gasteiger partial charge in [0.05, 0.1) is 23.5 Å². The van der Waals surface area contributed by atoms with E-state index in [9.17, 15) is 4.79 Å². The minimum atomic E-state index is -1.57. The Morgan fingerprint density at radius 3 is 2.71 bits per heavy atom. The zero-order valence-electron chi connectivity index (χ0n) is 11.3. The lowest BCUT2D eigenvalue weighted by Crippen LogP contribution is -2.40. The molecule has 0 spiro atoms. The second kappa shape index (κ2) is 5.09. The van der Waals surface area contributed by atoms with Crippen LogP contribution >= 0.6 is 0 Å². The zero-order valence-corrected chi connectivity index (χ0v) is 11.3. The van der Waals surface area contributed by atoms with Crippen molar-refractivity contribution in [2.45, 2.75) is 18.1 Å². The normalized spacial score (nSPS) is 14.9. The maximum Gasteiger partial charge on any atom is 0.228 e. The number of carbonyl (C=O) groups excluding carboxylic acids is 1. The van der Waals surface area contributed by atoms with Crippen molar-refractivity contribution < 1.29 is 4.79 Å². The van der Waals surface area contributed by atoms with E-state index in [1.165, 1.54) is 0 Å². The second-order valence-electron chi connectivity index (χ2n) is 5.27. The highest BCUT2D eigenvalue weighted by atomic mass is 16.2. The van der Waals surface area contributed by atoms with Crippen molar-refractivity contribution in [3.8, 4) is 0 Å². The summed E-state index contributed by atoms with van der Waals surface area (Å²) >= 11 is 0. The van der Waals surface area contributed by atoms with Gasteiger partial charge in [-0.05, 0) is 30.4 Å². The Kier molecular flexibility index (Phi) is 3.39. The molecule has 21 heavy (non-hydrogen) atoms. The van der Waals surface area contributed by atoms with Crippen LogP contribution in [0.15, 0.2) is 24.5 Å². The minimum Gasteiger partial charge on any atom is -0.389 e. The minimum absolute atomic E-state index is 0.0131. The summed E-state index contributed by atoms with van der Waals surface area (Å²) in [5, 5.41) is 5.50. The molecule has 1 aliphatic carbocycles. The number of pyridine rings is 2. The van der Waals surface area contributed by atoms with Crippen molar-refractivity contribution in [3.63, 3.8) is 0 Å². The highest BCUT2D eigenvalue weighted by molar-refractivity contribution is 6.60. The van der Waals surface area contributed by atoms with E-state index in [1.54, 1.807) is 24.5 Å². The zero-order chi connectivity index (χ0) is 15.0. The molecule has 0 saturated heterocycles. The molecule has 2 aromatic heterocycles. The largest absolute Gasteiger partial charge is 0.389 e. The first kappa shape index (κ1) is 14.0. The Hall–Kier alpha value is -1.98. The Morgan fingerprint density at radius 1 is 1.29 bits per heavy atom. The molecule has 1 fully saturated rings. The van der Waals surface area contributed by atoms with Gasteiger partial charge in [0, 0.05) is 23.7 Å². The fourth-order valence-electron chi connectivity index (χ4n) is 2.02. The van der Waals surface area contributed by atoms with Gasteiger partial charge in [-0.2, -0.15) is 0 Å². The number of nitrogens with one attached hydrogen (secondary N) is 2. The van der Waals surface area contributed by atoms with E-state index in [4.69, 9.17) is 23.5 Å². The third kappa shape index (κ3) is 3.38. The Labute approximate surface area is 126 Å². The average Bonchev–Trinajstić information content (AvgIpc) is 3.21. The Balaban J connectivity index is 1.89. The van der Waals surface area contributed by atoms with Gasteiger partial charge in [0.2, 0.25) is 5.91 Å². The Bertz CT molecular complexity index is 697. The van der Waals surface area contributed by atoms with E-state index in [0.717, 1.165) is 18.2 Å². The number of nitrogens with zero attached hydrogens (tertiary/aromatic N) is 2. The van der Waals surface area contributed by atoms with Gasteiger partial charge in [0.15, 0.2) is 0 Å². The highest BCUT2D eigenvalue weighted by Crippen LogP contribution is 2.30. The summed E-state index contributed by atoms with van der Waals surface area (Å²) in [6.45, 7) is 0. The molecule has 1 saturated carbocycles. The number of rotatable bonds is 4. The number of fused-ring (bicyclic) bond motifs is 1. The van der Waals surface area contributed by atoms with Crippen LogP contribution < -0.4 is 10.6 Å². The molecule has 3 rings (SSSR count). The van der Waals surface area contributed by atoms with Crippen molar-refractivity contribution in [1.82, 2.24) is 9.97 Å². The molecule has 5 nitrogen and oxygen atoms in total. The lowest BCUT2D eigenvalue weighted by atomic mass is 9.49. The topological polar surface area (TPSA) is 66.9 Å². The van der Waals surface area contributed by atoms with Crippen molar-refractivity contribution in [2.24, 2.45) is 5.92 Å². The first-order valence-electron chi connectivity index (χ1n) is 6.63. The molecule has 2 N–H and O–H groups in total. The molecule has 0 atom stereocenters. The lowest BCUT2D eigenvalue weighted by molar-refractivity contribution is -0.117. The van der Waals surface area contributed by atoms with Crippen LogP contribution in [0.5, 0.6) is 0 Å². The summed E-state index contributed by atoms with van der Waals surface area (Å²) < 4.78 is 0. The number of aromatic nitrogens is 2. The molecule has 2 heterocycles. The van der Waals surface area contributed by atoms with Crippen molar-refractivity contribution in [1.29, 1.82) is 0 Å². The third-order valence-corrected chi connectivity index (χ3v) is 3.18. The maximum absolute atomic E-state index is 11.7. The standard InChI is InChI=1S/C13H11B3N4O/c14-13(15,16)20-11-9-6-18-10(5-8(9)3-4-17-11)19-12(21)7-1-2-7/h3-7H,1-2H2,(H,17,20)(H,18,19,21). The molecule has 0 aromatic carbocycles. The molecule has 1 amide bonds. The van der Waals surface area contributed by atoms with Gasteiger partial charge in [0.1, 0.15) is 11.6 Å². The van der Waals surface area contributed by atoms with Crippen LogP contribution in [0.1, 0.15) is 12.8 Å². The summed E-state index contributed by atoms with van der Waals surface area (Å²) in [4.78, 5) is 20.1. The van der Waals surface area contributed by atoms with Crippen molar-refractivity contribution >= 4 is 51.9 Å². The van der Waals surface area contributed by atoms with Gasteiger partial charge in [-0.1, -0.05) is 5.24 Å². The van der Waals surface area contributed by atoms with Crippen LogP contribution in [0.3, 0.4) is 0 Å². The predicted molar refractivity (Wildman–Crippen MR) is 84.5 cm³/mol. The quantitative estimate of drug-likeness (QED) is 0.795. The van der Waals surface area contributed by atoms with E-state index < -0.39 is 5.24 Å². The van der Waals surface area contributed by atoms with Crippen LogP contribution in [-0.4, -0.2) is 44.7 Å². The van der Waals surface area contributed by atoms with Crippen LogP contribution in [-0.2, 0) is 4.79 Å². The predicted octanol–water partition coefficient (Wildman–Crippen LogP) is 0.507. The first-order valence-corrected chi connectivity index (χ1v) is 6.63. The van der Waals surface area contributed by atoms with Gasteiger partial charge >= 0.3 is 0 Å². The highest BCUT2D eigenvalue weighted by Gasteiger charge is 2.29. The van der Waals surface area contributed by atoms with Gasteiger partial charge in [-0.25, -0.2) is 9.97 Å². The van der Waals surface area contributed by atoms with E-state index >= 15 is 0 Å². The van der Waals surface area contributed by atoms with Crippen molar-refractivity contribution in [2.75, 3.05) is 10.6 Å². The fraction of sp³-hybridized carbons (Fsp3) is 0.308. The summed E-state index contributed by atoms with van der Waals surface area (Å²) in [6, 6.07) is 3.58. The monoisotopic (exact) mass is 272 g/mol. The molecule has 98 valence electrons. The number of anilines is 2. The first-order chi connectivity index (χ1) is 9.92. The SMILES string of the molecule is [B]C([B])([B])Nc1nccc2cc(NC(=O)C3CC3)ncc12. The summed E-state index contributed by atoms with van der Waals surface area (Å²) in [7, 11) is 16.6. The van der Waals surface area contributed by atoms with Crippen LogP contribution in [0, 0.1) is 5.92 Å². The van der Waals surface area contributed by atoms with Gasteiger partial charge in [-0.3, -0.25) is 4.79 Å². The van der Waals surface area contributed by atoms with Crippen LogP contribution in [0.25, 0.3) is 10.8 Å². The van der Waals surface area contributed by atoms with Crippen LogP contribution in [0.2, 0.25) is 0 Å². The van der Waals surface area contributed by atoms with Gasteiger partial charge in [-0.15, -0.1) is 0 Å². The maximum atomic E-state index is 11.7. The Morgan fingerprint density at radius 2 is 2.05 bits per heavy atom. The van der Waals surface area contributed by atoms with E-state index in [0.29, 0.717) is 17.0 Å². The molecule has 8 heteroatoms. The van der Waals surface area contributed by atoms with Crippen LogP contribution in [0.4, 0.5) is 11.6 Å². The third-order valence-electron chi connectivity index (χ3n) is 3.18. The second-order valence-corrected chi connectivity index (χ2v) is 5.27. The summed E-state index contributed by atoms with van der Waals surface area (Å²) in [6.07, 6.45) is 5.09. The number of carbonyl (C=O) groups is 1. The van der Waals surface area contributed by atoms with E-state index in [1.807, 2.05) is 0 Å². The summed E-state index contributed by atoms with van der Waals surface area (Å²) in [5.41, 5.74) is 0. The molecule has 0 unspecified atom stereocenters. The van der Waals surface area contributed by atoms with Gasteiger partial charge < -0.3 is 10.6 Å². The molecule has 2 aromatic rings. The molecule has 6 radical (unpaired) electrons.